The molecule has 3 rings (SSSR count). The number of ketones is 1. The van der Waals surface area contributed by atoms with Crippen molar-refractivity contribution in [3.8, 4) is 0 Å². The summed E-state index contributed by atoms with van der Waals surface area (Å²) in [5.74, 6) is -0.817. The molecule has 11 nitrogen and oxygen atoms in total. The van der Waals surface area contributed by atoms with Crippen molar-refractivity contribution in [2.45, 2.75) is 39.0 Å². The third-order valence-electron chi connectivity index (χ3n) is 5.74. The minimum Gasteiger partial charge on any atom is -0.465 e. The molecule has 0 aliphatic heterocycles. The van der Waals surface area contributed by atoms with E-state index in [1.165, 1.54) is 6.07 Å². The SMILES string of the molecule is CCOC(=O)C1(CC(=O)c2ccccc2)CCCC/C1=N\Nc1ccc([N+](=O)[O-])cc1[N+](=O)[O-]. The molecule has 1 aliphatic rings. The zero-order chi connectivity index (χ0) is 24.7. The number of ether oxygens (including phenoxy) is 1. The predicted molar refractivity (Wildman–Crippen MR) is 124 cm³/mol. The first-order valence-corrected chi connectivity index (χ1v) is 10.8. The van der Waals surface area contributed by atoms with E-state index >= 15 is 0 Å². The number of Topliss-reactive ketones (excluding diaryl/α,β-unsaturated/α-hetero) is 1. The van der Waals surface area contributed by atoms with E-state index in [-0.39, 0.29) is 24.5 Å². The highest BCUT2D eigenvalue weighted by Crippen LogP contribution is 2.40. The molecular weight excluding hydrogens is 444 g/mol. The van der Waals surface area contributed by atoms with Gasteiger partial charge in [-0.2, -0.15) is 5.10 Å². The Morgan fingerprint density at radius 1 is 1.09 bits per heavy atom. The Kier molecular flexibility index (Phi) is 7.67. The van der Waals surface area contributed by atoms with E-state index in [9.17, 15) is 29.8 Å². The second-order valence-electron chi connectivity index (χ2n) is 7.86. The van der Waals surface area contributed by atoms with E-state index in [0.717, 1.165) is 12.1 Å². The molecule has 0 aromatic heterocycles. The van der Waals surface area contributed by atoms with E-state index in [2.05, 4.69) is 10.5 Å². The van der Waals surface area contributed by atoms with Gasteiger partial charge in [0, 0.05) is 18.1 Å². The Balaban J connectivity index is 1.99. The Labute approximate surface area is 195 Å². The fourth-order valence-corrected chi connectivity index (χ4v) is 4.02. The van der Waals surface area contributed by atoms with Crippen molar-refractivity contribution in [3.63, 3.8) is 0 Å². The Bertz CT molecular complexity index is 1130. The summed E-state index contributed by atoms with van der Waals surface area (Å²) in [5.41, 5.74) is 1.06. The normalized spacial score (nSPS) is 18.8. The van der Waals surface area contributed by atoms with Gasteiger partial charge < -0.3 is 4.74 Å². The summed E-state index contributed by atoms with van der Waals surface area (Å²) in [4.78, 5) is 47.1. The minimum absolute atomic E-state index is 0.0687. The second kappa shape index (κ2) is 10.6. The van der Waals surface area contributed by atoms with Crippen molar-refractivity contribution in [1.29, 1.82) is 0 Å². The number of anilines is 1. The van der Waals surface area contributed by atoms with Crippen molar-refractivity contribution < 1.29 is 24.2 Å². The van der Waals surface area contributed by atoms with Crippen molar-refractivity contribution in [1.82, 2.24) is 0 Å². The van der Waals surface area contributed by atoms with Crippen LogP contribution in [0, 0.1) is 25.6 Å². The lowest BCUT2D eigenvalue weighted by Crippen LogP contribution is -2.45. The highest BCUT2D eigenvalue weighted by Gasteiger charge is 2.48. The monoisotopic (exact) mass is 468 g/mol. The molecule has 0 heterocycles. The van der Waals surface area contributed by atoms with Crippen molar-refractivity contribution in [3.05, 3.63) is 74.3 Å². The maximum absolute atomic E-state index is 13.1. The molecule has 2 aromatic rings. The summed E-state index contributed by atoms with van der Waals surface area (Å²) < 4.78 is 5.32. The molecule has 1 N–H and O–H groups in total. The molecule has 1 saturated carbocycles. The fraction of sp³-hybridized carbons (Fsp3) is 0.348. The third-order valence-corrected chi connectivity index (χ3v) is 5.74. The molecule has 34 heavy (non-hydrogen) atoms. The average Bonchev–Trinajstić information content (AvgIpc) is 2.83. The Morgan fingerprint density at radius 2 is 1.82 bits per heavy atom. The van der Waals surface area contributed by atoms with Crippen LogP contribution in [0.5, 0.6) is 0 Å². The quantitative estimate of drug-likeness (QED) is 0.241. The number of benzene rings is 2. The number of carbonyl (C=O) groups is 2. The smallest absolute Gasteiger partial charge is 0.318 e. The van der Waals surface area contributed by atoms with Gasteiger partial charge in [-0.05, 0) is 32.3 Å². The number of esters is 1. The van der Waals surface area contributed by atoms with Crippen LogP contribution in [0.2, 0.25) is 0 Å². The van der Waals surface area contributed by atoms with Crippen LogP contribution in [0.3, 0.4) is 0 Å². The molecule has 0 radical (unpaired) electrons. The third kappa shape index (κ3) is 5.25. The number of hydrogen-bond donors (Lipinski definition) is 1. The van der Waals surface area contributed by atoms with Gasteiger partial charge in [0.05, 0.1) is 28.2 Å². The number of nitrogens with zero attached hydrogens (tertiary/aromatic N) is 3. The molecule has 0 spiro atoms. The van der Waals surface area contributed by atoms with Gasteiger partial charge in [0.2, 0.25) is 0 Å². The van der Waals surface area contributed by atoms with Gasteiger partial charge in [0.25, 0.3) is 5.69 Å². The van der Waals surface area contributed by atoms with E-state index in [1.807, 2.05) is 0 Å². The molecule has 11 heteroatoms. The zero-order valence-electron chi connectivity index (χ0n) is 18.6. The zero-order valence-corrected chi connectivity index (χ0v) is 18.6. The second-order valence-corrected chi connectivity index (χ2v) is 7.86. The molecule has 1 aliphatic carbocycles. The van der Waals surface area contributed by atoms with Crippen LogP contribution in [0.15, 0.2) is 53.6 Å². The highest BCUT2D eigenvalue weighted by atomic mass is 16.6. The van der Waals surface area contributed by atoms with Crippen molar-refractivity contribution in [2.75, 3.05) is 12.0 Å². The van der Waals surface area contributed by atoms with Crippen molar-refractivity contribution in [2.24, 2.45) is 10.5 Å². The van der Waals surface area contributed by atoms with E-state index in [4.69, 9.17) is 4.74 Å². The van der Waals surface area contributed by atoms with Gasteiger partial charge in [-0.3, -0.25) is 35.2 Å². The summed E-state index contributed by atoms with van der Waals surface area (Å²) in [5, 5.41) is 26.7. The van der Waals surface area contributed by atoms with Crippen LogP contribution in [0.25, 0.3) is 0 Å². The number of hydrazone groups is 1. The van der Waals surface area contributed by atoms with Crippen LogP contribution < -0.4 is 5.43 Å². The highest BCUT2D eigenvalue weighted by molar-refractivity contribution is 6.12. The molecule has 1 atom stereocenters. The van der Waals surface area contributed by atoms with Crippen LogP contribution >= 0.6 is 0 Å². The van der Waals surface area contributed by atoms with E-state index in [1.54, 1.807) is 37.3 Å². The fourth-order valence-electron chi connectivity index (χ4n) is 4.02. The maximum atomic E-state index is 13.1. The number of nitro groups is 2. The summed E-state index contributed by atoms with van der Waals surface area (Å²) in [7, 11) is 0. The molecule has 178 valence electrons. The molecule has 2 aromatic carbocycles. The van der Waals surface area contributed by atoms with E-state index in [0.29, 0.717) is 37.0 Å². The first kappa shape index (κ1) is 24.5. The minimum atomic E-state index is -1.32. The van der Waals surface area contributed by atoms with E-state index < -0.39 is 32.6 Å². The molecule has 0 bridgehead atoms. The predicted octanol–water partition coefficient (Wildman–Crippen LogP) is 4.67. The number of rotatable bonds is 9. The lowest BCUT2D eigenvalue weighted by atomic mass is 9.68. The summed E-state index contributed by atoms with van der Waals surface area (Å²) in [6, 6.07) is 11.7. The molecule has 1 fully saturated rings. The average molecular weight is 468 g/mol. The summed E-state index contributed by atoms with van der Waals surface area (Å²) in [6.45, 7) is 1.79. The number of hydrogen-bond acceptors (Lipinski definition) is 9. The number of carbonyl (C=O) groups excluding carboxylic acids is 2. The van der Waals surface area contributed by atoms with Crippen LogP contribution in [-0.2, 0) is 9.53 Å². The first-order valence-electron chi connectivity index (χ1n) is 10.8. The molecular formula is C23H24N4O7. The lowest BCUT2D eigenvalue weighted by molar-refractivity contribution is -0.393. The maximum Gasteiger partial charge on any atom is 0.318 e. The number of non-ortho nitro benzene ring substituents is 1. The number of nitro benzene ring substituents is 2. The summed E-state index contributed by atoms with van der Waals surface area (Å²) in [6.07, 6.45) is 1.96. The van der Waals surface area contributed by atoms with Crippen LogP contribution in [0.1, 0.15) is 49.4 Å². The van der Waals surface area contributed by atoms with Gasteiger partial charge in [0.15, 0.2) is 5.78 Å². The Morgan fingerprint density at radius 3 is 2.47 bits per heavy atom. The molecule has 0 saturated heterocycles. The molecule has 1 unspecified atom stereocenters. The van der Waals surface area contributed by atoms with Gasteiger partial charge >= 0.3 is 11.7 Å². The van der Waals surface area contributed by atoms with Gasteiger partial charge in [-0.15, -0.1) is 0 Å². The summed E-state index contributed by atoms with van der Waals surface area (Å²) >= 11 is 0. The van der Waals surface area contributed by atoms with Gasteiger partial charge in [0.1, 0.15) is 11.1 Å². The topological polar surface area (TPSA) is 154 Å². The molecule has 0 amide bonds. The van der Waals surface area contributed by atoms with Crippen LogP contribution in [0.4, 0.5) is 17.1 Å². The van der Waals surface area contributed by atoms with Crippen molar-refractivity contribution >= 4 is 34.5 Å². The van der Waals surface area contributed by atoms with Gasteiger partial charge in [-0.25, -0.2) is 0 Å². The van der Waals surface area contributed by atoms with Crippen LogP contribution in [-0.4, -0.2) is 33.9 Å². The lowest BCUT2D eigenvalue weighted by Gasteiger charge is -2.35. The number of nitrogens with one attached hydrogen (secondary N) is 1. The first-order chi connectivity index (χ1) is 16.3. The largest absolute Gasteiger partial charge is 0.465 e. The van der Waals surface area contributed by atoms with Gasteiger partial charge in [-0.1, -0.05) is 36.8 Å². The standard InChI is InChI=1S/C23H24N4O7/c1-2-34-22(29)23(15-20(28)16-8-4-3-5-9-16)13-7-6-10-21(23)25-24-18-12-11-17(26(30)31)14-19(18)27(32)33/h3-5,8-9,11-12,14,24H,2,6-7,10,13,15H2,1H3/b25-21+. The Hall–Kier alpha value is -4.15.